The number of carbonyl (C=O) groups is 1. The summed E-state index contributed by atoms with van der Waals surface area (Å²) in [7, 11) is 0. The van der Waals surface area contributed by atoms with E-state index in [0.29, 0.717) is 18.9 Å². The Morgan fingerprint density at radius 2 is 1.96 bits per heavy atom. The van der Waals surface area contributed by atoms with Gasteiger partial charge in [-0.3, -0.25) is 9.78 Å². The Hall–Kier alpha value is -2.72. The summed E-state index contributed by atoms with van der Waals surface area (Å²) >= 11 is 0. The largest absolute Gasteiger partial charge is 0.330 e. The number of nitrogens with zero attached hydrogens (tertiary/aromatic N) is 2. The number of fused-ring (bicyclic) bond motifs is 2. The molecule has 0 spiro atoms. The molecule has 4 nitrogen and oxygen atoms in total. The first kappa shape index (κ1) is 15.8. The van der Waals surface area contributed by atoms with Crippen molar-refractivity contribution < 1.29 is 4.79 Å². The van der Waals surface area contributed by atoms with E-state index >= 15 is 0 Å². The van der Waals surface area contributed by atoms with Crippen molar-refractivity contribution in [3.05, 3.63) is 71.9 Å². The van der Waals surface area contributed by atoms with Crippen LogP contribution in [0.1, 0.15) is 23.5 Å². The summed E-state index contributed by atoms with van der Waals surface area (Å²) in [6.45, 7) is 1.34. The number of carbonyl (C=O) groups excluding carboxylic acids is 1. The predicted molar refractivity (Wildman–Crippen MR) is 101 cm³/mol. The lowest BCUT2D eigenvalue weighted by atomic mass is 9.89. The van der Waals surface area contributed by atoms with Crippen LogP contribution in [0.15, 0.2) is 60.8 Å². The van der Waals surface area contributed by atoms with Crippen LogP contribution < -0.4 is 10.6 Å². The minimum Gasteiger partial charge on any atom is -0.330 e. The minimum absolute atomic E-state index is 0.111. The third kappa shape index (κ3) is 3.01. The van der Waals surface area contributed by atoms with Crippen LogP contribution in [0.25, 0.3) is 10.9 Å². The number of nitrogens with two attached hydrogens (primary N) is 1. The van der Waals surface area contributed by atoms with Gasteiger partial charge in [0.15, 0.2) is 0 Å². The Labute approximate surface area is 147 Å². The van der Waals surface area contributed by atoms with Crippen molar-refractivity contribution in [3.8, 4) is 0 Å². The Morgan fingerprint density at radius 1 is 1.16 bits per heavy atom. The van der Waals surface area contributed by atoms with Gasteiger partial charge in [-0.1, -0.05) is 36.4 Å². The highest BCUT2D eigenvalue weighted by atomic mass is 16.2. The molecule has 4 heteroatoms. The van der Waals surface area contributed by atoms with Gasteiger partial charge in [0, 0.05) is 23.8 Å². The van der Waals surface area contributed by atoms with Crippen molar-refractivity contribution in [1.82, 2.24) is 4.98 Å². The highest BCUT2D eigenvalue weighted by Gasteiger charge is 2.27. The summed E-state index contributed by atoms with van der Waals surface area (Å²) in [5.74, 6) is 0.447. The van der Waals surface area contributed by atoms with Gasteiger partial charge in [0.1, 0.15) is 0 Å². The summed E-state index contributed by atoms with van der Waals surface area (Å²) in [6, 6.07) is 18.1. The molecule has 1 amide bonds. The number of pyridine rings is 1. The summed E-state index contributed by atoms with van der Waals surface area (Å²) in [5.41, 5.74) is 9.99. The van der Waals surface area contributed by atoms with E-state index in [0.717, 1.165) is 35.1 Å². The maximum absolute atomic E-state index is 12.9. The number of para-hydroxylation sites is 2. The molecule has 1 unspecified atom stereocenters. The van der Waals surface area contributed by atoms with Crippen molar-refractivity contribution in [2.24, 2.45) is 5.73 Å². The lowest BCUT2D eigenvalue weighted by Crippen LogP contribution is -2.38. The topological polar surface area (TPSA) is 59.2 Å². The number of rotatable bonds is 3. The smallest absolute Gasteiger partial charge is 0.231 e. The molecule has 0 fully saturated rings. The van der Waals surface area contributed by atoms with Crippen LogP contribution in [-0.2, 0) is 11.2 Å². The molecule has 0 saturated carbocycles. The maximum atomic E-state index is 12.9. The van der Waals surface area contributed by atoms with Crippen LogP contribution in [0.2, 0.25) is 0 Å². The standard InChI is InChI=1S/C21H21N3O/c22-13-17-9-10-24(20-8-4-2-6-18(17)20)21(25)12-15-11-16-5-1-3-7-19(16)23-14-15/h1-8,11,14,17H,9-10,12-13,22H2. The van der Waals surface area contributed by atoms with Gasteiger partial charge in [-0.25, -0.2) is 0 Å². The minimum atomic E-state index is 0.111. The van der Waals surface area contributed by atoms with Gasteiger partial charge in [-0.05, 0) is 48.2 Å². The molecule has 2 heterocycles. The van der Waals surface area contributed by atoms with Crippen molar-refractivity contribution in [3.63, 3.8) is 0 Å². The highest BCUT2D eigenvalue weighted by Crippen LogP contribution is 2.34. The van der Waals surface area contributed by atoms with Crippen LogP contribution in [0.3, 0.4) is 0 Å². The van der Waals surface area contributed by atoms with Gasteiger partial charge < -0.3 is 10.6 Å². The molecule has 126 valence electrons. The van der Waals surface area contributed by atoms with Crippen LogP contribution >= 0.6 is 0 Å². The summed E-state index contributed by atoms with van der Waals surface area (Å²) in [5, 5.41) is 1.06. The van der Waals surface area contributed by atoms with E-state index in [9.17, 15) is 4.79 Å². The van der Waals surface area contributed by atoms with E-state index < -0.39 is 0 Å². The quantitative estimate of drug-likeness (QED) is 0.801. The van der Waals surface area contributed by atoms with Gasteiger partial charge in [0.2, 0.25) is 5.91 Å². The van der Waals surface area contributed by atoms with E-state index in [1.807, 2.05) is 47.4 Å². The summed E-state index contributed by atoms with van der Waals surface area (Å²) < 4.78 is 0. The first-order valence-electron chi connectivity index (χ1n) is 8.69. The lowest BCUT2D eigenvalue weighted by molar-refractivity contribution is -0.118. The molecular weight excluding hydrogens is 310 g/mol. The van der Waals surface area contributed by atoms with Crippen molar-refractivity contribution in [2.75, 3.05) is 18.0 Å². The average Bonchev–Trinajstić information content (AvgIpc) is 2.67. The molecular formula is C21H21N3O. The van der Waals surface area contributed by atoms with E-state index in [4.69, 9.17) is 5.73 Å². The van der Waals surface area contributed by atoms with E-state index in [2.05, 4.69) is 17.1 Å². The zero-order chi connectivity index (χ0) is 17.2. The second-order valence-corrected chi connectivity index (χ2v) is 6.54. The monoisotopic (exact) mass is 331 g/mol. The zero-order valence-corrected chi connectivity index (χ0v) is 14.1. The normalized spacial score (nSPS) is 16.7. The SMILES string of the molecule is NCC1CCN(C(=O)Cc2cnc3ccccc3c2)c2ccccc21. The van der Waals surface area contributed by atoms with Gasteiger partial charge in [0.05, 0.1) is 11.9 Å². The molecule has 0 bridgehead atoms. The fourth-order valence-electron chi connectivity index (χ4n) is 3.63. The third-order valence-corrected chi connectivity index (χ3v) is 4.96. The van der Waals surface area contributed by atoms with Gasteiger partial charge in [-0.15, -0.1) is 0 Å². The molecule has 0 radical (unpaired) electrons. The van der Waals surface area contributed by atoms with E-state index in [-0.39, 0.29) is 5.91 Å². The van der Waals surface area contributed by atoms with Gasteiger partial charge in [-0.2, -0.15) is 0 Å². The van der Waals surface area contributed by atoms with Crippen molar-refractivity contribution in [1.29, 1.82) is 0 Å². The van der Waals surface area contributed by atoms with Crippen molar-refractivity contribution in [2.45, 2.75) is 18.8 Å². The number of benzene rings is 2. The fourth-order valence-corrected chi connectivity index (χ4v) is 3.63. The summed E-state index contributed by atoms with van der Waals surface area (Å²) in [6.07, 6.45) is 3.08. The van der Waals surface area contributed by atoms with Gasteiger partial charge in [0.25, 0.3) is 0 Å². The molecule has 1 aromatic heterocycles. The number of aromatic nitrogens is 1. The van der Waals surface area contributed by atoms with Crippen LogP contribution in [-0.4, -0.2) is 24.0 Å². The molecule has 2 aromatic carbocycles. The average molecular weight is 331 g/mol. The third-order valence-electron chi connectivity index (χ3n) is 4.96. The molecule has 1 atom stereocenters. The maximum Gasteiger partial charge on any atom is 0.231 e. The Balaban J connectivity index is 1.60. The number of amides is 1. The highest BCUT2D eigenvalue weighted by molar-refractivity contribution is 5.96. The lowest BCUT2D eigenvalue weighted by Gasteiger charge is -2.34. The first-order chi connectivity index (χ1) is 12.3. The first-order valence-corrected chi connectivity index (χ1v) is 8.69. The van der Waals surface area contributed by atoms with Gasteiger partial charge >= 0.3 is 0 Å². The van der Waals surface area contributed by atoms with E-state index in [1.54, 1.807) is 6.20 Å². The summed E-state index contributed by atoms with van der Waals surface area (Å²) in [4.78, 5) is 19.3. The Kier molecular flexibility index (Phi) is 4.20. The van der Waals surface area contributed by atoms with Crippen LogP contribution in [0.4, 0.5) is 5.69 Å². The second-order valence-electron chi connectivity index (χ2n) is 6.54. The second kappa shape index (κ2) is 6.65. The number of hydrogen-bond donors (Lipinski definition) is 1. The van der Waals surface area contributed by atoms with Crippen LogP contribution in [0, 0.1) is 0 Å². The Morgan fingerprint density at radius 3 is 2.84 bits per heavy atom. The molecule has 0 aliphatic carbocycles. The molecule has 2 N–H and O–H groups in total. The van der Waals surface area contributed by atoms with E-state index in [1.165, 1.54) is 5.56 Å². The fraction of sp³-hybridized carbons (Fsp3) is 0.238. The molecule has 0 saturated heterocycles. The molecule has 1 aliphatic rings. The zero-order valence-electron chi connectivity index (χ0n) is 14.1. The Bertz CT molecular complexity index is 922. The molecule has 1 aliphatic heterocycles. The molecule has 3 aromatic rings. The predicted octanol–water partition coefficient (Wildman–Crippen LogP) is 3.26. The van der Waals surface area contributed by atoms with Crippen molar-refractivity contribution >= 4 is 22.5 Å². The number of hydrogen-bond acceptors (Lipinski definition) is 3. The molecule has 4 rings (SSSR count). The number of anilines is 1. The van der Waals surface area contributed by atoms with Crippen LogP contribution in [0.5, 0.6) is 0 Å². The molecule has 25 heavy (non-hydrogen) atoms.